The third kappa shape index (κ3) is 3.27. The van der Waals surface area contributed by atoms with E-state index in [-0.39, 0.29) is 6.10 Å². The molecule has 0 aliphatic heterocycles. The second-order valence-corrected chi connectivity index (χ2v) is 5.86. The number of thiophene rings is 1. The van der Waals surface area contributed by atoms with E-state index in [1.165, 1.54) is 4.88 Å². The number of nitrogens with zero attached hydrogens (tertiary/aromatic N) is 2. The Hall–Kier alpha value is -1.20. The van der Waals surface area contributed by atoms with Crippen molar-refractivity contribution in [3.63, 3.8) is 0 Å². The zero-order chi connectivity index (χ0) is 14.5. The summed E-state index contributed by atoms with van der Waals surface area (Å²) in [7, 11) is 0. The van der Waals surface area contributed by atoms with Crippen LogP contribution in [0.1, 0.15) is 50.9 Å². The van der Waals surface area contributed by atoms with Crippen LogP contribution in [0.15, 0.2) is 6.07 Å². The molecule has 0 saturated carbocycles. The molecule has 2 aromatic heterocycles. The van der Waals surface area contributed by atoms with Gasteiger partial charge in [-0.1, -0.05) is 13.8 Å². The first-order chi connectivity index (χ1) is 9.69. The molecule has 2 aromatic rings. The Balaban J connectivity index is 2.44. The Morgan fingerprint density at radius 2 is 2.10 bits per heavy atom. The molecule has 20 heavy (non-hydrogen) atoms. The van der Waals surface area contributed by atoms with Crippen LogP contribution < -0.4 is 5.32 Å². The number of fused-ring (bicyclic) bond motifs is 1. The summed E-state index contributed by atoms with van der Waals surface area (Å²) in [6.07, 6.45) is 2.04. The molecule has 4 nitrogen and oxygen atoms in total. The lowest BCUT2D eigenvalue weighted by Crippen LogP contribution is -2.09. The van der Waals surface area contributed by atoms with Gasteiger partial charge in [-0.3, -0.25) is 0 Å². The molecule has 0 saturated heterocycles. The highest BCUT2D eigenvalue weighted by molar-refractivity contribution is 7.18. The van der Waals surface area contributed by atoms with Crippen molar-refractivity contribution >= 4 is 27.4 Å². The van der Waals surface area contributed by atoms with Crippen LogP contribution in [-0.2, 0) is 11.2 Å². The van der Waals surface area contributed by atoms with Crippen LogP contribution in [0.5, 0.6) is 0 Å². The molecular weight excluding hydrogens is 270 g/mol. The summed E-state index contributed by atoms with van der Waals surface area (Å²) in [5, 5.41) is 4.54. The Kier molecular flexibility index (Phi) is 5.31. The molecule has 0 bridgehead atoms. The first kappa shape index (κ1) is 15.2. The van der Waals surface area contributed by atoms with Gasteiger partial charge < -0.3 is 10.1 Å². The second kappa shape index (κ2) is 6.99. The van der Waals surface area contributed by atoms with Crippen molar-refractivity contribution < 1.29 is 4.74 Å². The van der Waals surface area contributed by atoms with E-state index in [0.29, 0.717) is 6.61 Å². The van der Waals surface area contributed by atoms with E-state index in [0.717, 1.165) is 41.2 Å². The number of anilines is 1. The van der Waals surface area contributed by atoms with Gasteiger partial charge in [-0.25, -0.2) is 9.97 Å². The zero-order valence-corrected chi connectivity index (χ0v) is 13.5. The normalized spacial score (nSPS) is 12.8. The third-order valence-corrected chi connectivity index (χ3v) is 4.31. The highest BCUT2D eigenvalue weighted by atomic mass is 32.1. The summed E-state index contributed by atoms with van der Waals surface area (Å²) in [6.45, 7) is 9.91. The van der Waals surface area contributed by atoms with E-state index in [1.54, 1.807) is 11.3 Å². The first-order valence-electron chi connectivity index (χ1n) is 7.35. The van der Waals surface area contributed by atoms with Gasteiger partial charge in [0.05, 0.1) is 5.39 Å². The number of aromatic nitrogens is 2. The van der Waals surface area contributed by atoms with E-state index in [9.17, 15) is 0 Å². The Morgan fingerprint density at radius 1 is 1.30 bits per heavy atom. The van der Waals surface area contributed by atoms with Crippen molar-refractivity contribution in [1.82, 2.24) is 9.97 Å². The van der Waals surface area contributed by atoms with Crippen molar-refractivity contribution in [2.45, 2.75) is 46.6 Å². The molecule has 1 N–H and O–H groups in total. The molecule has 5 heteroatoms. The molecule has 0 aliphatic carbocycles. The summed E-state index contributed by atoms with van der Waals surface area (Å²) in [5.41, 5.74) is 0. The van der Waals surface area contributed by atoms with Crippen molar-refractivity contribution in [2.24, 2.45) is 0 Å². The molecule has 0 aliphatic rings. The monoisotopic (exact) mass is 293 g/mol. The van der Waals surface area contributed by atoms with E-state index >= 15 is 0 Å². The number of hydrogen-bond acceptors (Lipinski definition) is 5. The lowest BCUT2D eigenvalue weighted by atomic mass is 10.3. The van der Waals surface area contributed by atoms with Gasteiger partial charge in [-0.2, -0.15) is 0 Å². The Morgan fingerprint density at radius 3 is 2.75 bits per heavy atom. The number of hydrogen-bond donors (Lipinski definition) is 1. The maximum atomic E-state index is 5.62. The minimum atomic E-state index is -0.0706. The van der Waals surface area contributed by atoms with Crippen molar-refractivity contribution in [1.29, 1.82) is 0 Å². The van der Waals surface area contributed by atoms with Gasteiger partial charge in [0.1, 0.15) is 16.8 Å². The topological polar surface area (TPSA) is 47.0 Å². The molecule has 0 spiro atoms. The highest BCUT2D eigenvalue weighted by Crippen LogP contribution is 2.30. The molecule has 2 heterocycles. The van der Waals surface area contributed by atoms with Crippen LogP contribution in [0, 0.1) is 0 Å². The number of rotatable bonds is 7. The molecule has 0 aromatic carbocycles. The van der Waals surface area contributed by atoms with Gasteiger partial charge in [0.2, 0.25) is 0 Å². The van der Waals surface area contributed by atoms with E-state index in [4.69, 9.17) is 4.74 Å². The average molecular weight is 293 g/mol. The highest BCUT2D eigenvalue weighted by Gasteiger charge is 2.15. The smallest absolute Gasteiger partial charge is 0.160 e. The van der Waals surface area contributed by atoms with Crippen molar-refractivity contribution in [3.05, 3.63) is 16.8 Å². The van der Waals surface area contributed by atoms with E-state index in [2.05, 4.69) is 35.2 Å². The molecule has 110 valence electrons. The van der Waals surface area contributed by atoms with Gasteiger partial charge in [0, 0.05) is 18.0 Å². The molecule has 1 unspecified atom stereocenters. The number of aryl methyl sites for hydroxylation is 1. The average Bonchev–Trinajstić information content (AvgIpc) is 2.88. The number of ether oxygens (including phenoxy) is 1. The molecule has 0 fully saturated rings. The molecule has 2 rings (SSSR count). The summed E-state index contributed by atoms with van der Waals surface area (Å²) >= 11 is 1.75. The lowest BCUT2D eigenvalue weighted by Gasteiger charge is -2.12. The van der Waals surface area contributed by atoms with Crippen LogP contribution in [0.3, 0.4) is 0 Å². The second-order valence-electron chi connectivity index (χ2n) is 4.74. The molecular formula is C15H23N3OS. The van der Waals surface area contributed by atoms with Crippen LogP contribution >= 0.6 is 11.3 Å². The largest absolute Gasteiger partial charge is 0.371 e. The standard InChI is InChI=1S/C15H23N3OS/c1-5-8-16-14-12-9-11(6-2)20-15(12)18-13(17-14)10(4)19-7-3/h9-10H,5-8H2,1-4H3,(H,16,17,18). The van der Waals surface area contributed by atoms with Gasteiger partial charge in [0.25, 0.3) is 0 Å². The SMILES string of the molecule is CCCNc1nc(C(C)OCC)nc2sc(CC)cc12. The lowest BCUT2D eigenvalue weighted by molar-refractivity contribution is 0.0704. The quantitative estimate of drug-likeness (QED) is 0.832. The van der Waals surface area contributed by atoms with Crippen molar-refractivity contribution in [3.8, 4) is 0 Å². The van der Waals surface area contributed by atoms with Crippen LogP contribution in [0.25, 0.3) is 10.2 Å². The van der Waals surface area contributed by atoms with Gasteiger partial charge >= 0.3 is 0 Å². The fraction of sp³-hybridized carbons (Fsp3) is 0.600. The first-order valence-corrected chi connectivity index (χ1v) is 8.17. The minimum absolute atomic E-state index is 0.0706. The zero-order valence-electron chi connectivity index (χ0n) is 12.7. The fourth-order valence-corrected chi connectivity index (χ4v) is 3.02. The van der Waals surface area contributed by atoms with Gasteiger partial charge in [-0.15, -0.1) is 11.3 Å². The summed E-state index contributed by atoms with van der Waals surface area (Å²) in [4.78, 5) is 11.7. The Bertz CT molecular complexity index is 567. The third-order valence-electron chi connectivity index (χ3n) is 3.13. The number of nitrogens with one attached hydrogen (secondary N) is 1. The van der Waals surface area contributed by atoms with Gasteiger partial charge in [-0.05, 0) is 32.8 Å². The van der Waals surface area contributed by atoms with Crippen LogP contribution in [-0.4, -0.2) is 23.1 Å². The van der Waals surface area contributed by atoms with Gasteiger partial charge in [0.15, 0.2) is 5.82 Å². The molecule has 0 radical (unpaired) electrons. The predicted molar refractivity (Wildman–Crippen MR) is 85.6 cm³/mol. The van der Waals surface area contributed by atoms with Crippen LogP contribution in [0.4, 0.5) is 5.82 Å². The minimum Gasteiger partial charge on any atom is -0.371 e. The summed E-state index contributed by atoms with van der Waals surface area (Å²) < 4.78 is 5.62. The maximum absolute atomic E-state index is 5.62. The fourth-order valence-electron chi connectivity index (χ4n) is 2.05. The van der Waals surface area contributed by atoms with Crippen LogP contribution in [0.2, 0.25) is 0 Å². The Labute approximate surface area is 124 Å². The van der Waals surface area contributed by atoms with E-state index in [1.807, 2.05) is 13.8 Å². The summed E-state index contributed by atoms with van der Waals surface area (Å²) in [6, 6.07) is 2.20. The predicted octanol–water partition coefficient (Wildman–Crippen LogP) is 4.17. The maximum Gasteiger partial charge on any atom is 0.160 e. The van der Waals surface area contributed by atoms with E-state index < -0.39 is 0 Å². The molecule has 1 atom stereocenters. The molecule has 0 amide bonds. The summed E-state index contributed by atoms with van der Waals surface area (Å²) in [5.74, 6) is 1.71. The van der Waals surface area contributed by atoms with Crippen molar-refractivity contribution in [2.75, 3.05) is 18.5 Å².